The number of benzene rings is 2. The molecule has 2 aromatic carbocycles. The van der Waals surface area contributed by atoms with Gasteiger partial charge >= 0.3 is 5.97 Å². The molecule has 2 rings (SSSR count). The minimum atomic E-state index is -1.05. The number of carboxylic acids is 1. The predicted octanol–water partition coefficient (Wildman–Crippen LogP) is 3.51. The molecule has 3 N–H and O–H groups in total. The summed E-state index contributed by atoms with van der Waals surface area (Å²) >= 11 is 3.24. The van der Waals surface area contributed by atoms with Crippen molar-refractivity contribution in [3.05, 3.63) is 57.8 Å². The molecule has 6 heteroatoms. The Morgan fingerprint density at radius 3 is 2.67 bits per heavy atom. The summed E-state index contributed by atoms with van der Waals surface area (Å²) in [5.74, 6) is -1.40. The Bertz CT molecular complexity index is 671. The molecule has 0 saturated heterocycles. The van der Waals surface area contributed by atoms with Gasteiger partial charge in [0.1, 0.15) is 5.82 Å². The van der Waals surface area contributed by atoms with Gasteiger partial charge in [0.2, 0.25) is 0 Å². The fraction of sp³-hybridized carbons (Fsp3) is 0.133. The maximum Gasteiger partial charge on any atom is 0.337 e. The van der Waals surface area contributed by atoms with Gasteiger partial charge in [-0.1, -0.05) is 15.9 Å². The van der Waals surface area contributed by atoms with E-state index in [-0.39, 0.29) is 11.4 Å². The molecule has 4 nitrogen and oxygen atoms in total. The van der Waals surface area contributed by atoms with E-state index in [9.17, 15) is 14.3 Å². The van der Waals surface area contributed by atoms with Gasteiger partial charge in [0, 0.05) is 23.8 Å². The summed E-state index contributed by atoms with van der Waals surface area (Å²) in [6, 6.07) is 9.27. The van der Waals surface area contributed by atoms with Crippen LogP contribution in [0, 0.1) is 5.82 Å². The molecule has 0 spiro atoms. The molecule has 110 valence electrons. The number of hydrogen-bond donors (Lipinski definition) is 2. The minimum Gasteiger partial charge on any atom is -0.478 e. The summed E-state index contributed by atoms with van der Waals surface area (Å²) < 4.78 is 14.0. The SMILES string of the molecule is CN(Cc1cc(F)cc(Br)c1)c1ccc(N)cc1C(=O)O. The van der Waals surface area contributed by atoms with Gasteiger partial charge in [-0.3, -0.25) is 0 Å². The molecule has 2 aromatic rings. The van der Waals surface area contributed by atoms with Gasteiger partial charge in [-0.2, -0.15) is 0 Å². The topological polar surface area (TPSA) is 66.6 Å². The van der Waals surface area contributed by atoms with Crippen molar-refractivity contribution < 1.29 is 14.3 Å². The van der Waals surface area contributed by atoms with Gasteiger partial charge in [0.25, 0.3) is 0 Å². The Balaban J connectivity index is 2.32. The molecule has 0 aliphatic heterocycles. The standard InChI is InChI=1S/C15H14BrFN2O2/c1-19(8-9-4-10(16)6-11(17)5-9)14-3-2-12(18)7-13(14)15(20)21/h2-7H,8,18H2,1H3,(H,20,21). The Morgan fingerprint density at radius 2 is 2.05 bits per heavy atom. The molecule has 0 atom stereocenters. The van der Waals surface area contributed by atoms with Crippen molar-refractivity contribution in [1.29, 1.82) is 0 Å². The first-order chi connectivity index (χ1) is 9.86. The first-order valence-corrected chi connectivity index (χ1v) is 6.95. The van der Waals surface area contributed by atoms with Crippen LogP contribution in [0.5, 0.6) is 0 Å². The first kappa shape index (κ1) is 15.3. The second-order valence-corrected chi connectivity index (χ2v) is 5.63. The van der Waals surface area contributed by atoms with E-state index < -0.39 is 5.97 Å². The van der Waals surface area contributed by atoms with Crippen LogP contribution >= 0.6 is 15.9 Å². The van der Waals surface area contributed by atoms with E-state index in [0.717, 1.165) is 5.56 Å². The summed E-state index contributed by atoms with van der Waals surface area (Å²) in [6.07, 6.45) is 0. The lowest BCUT2D eigenvalue weighted by Crippen LogP contribution is -2.19. The summed E-state index contributed by atoms with van der Waals surface area (Å²) in [5, 5.41) is 9.24. The van der Waals surface area contributed by atoms with E-state index in [1.54, 1.807) is 30.1 Å². The van der Waals surface area contributed by atoms with Gasteiger partial charge in [-0.05, 0) is 42.0 Å². The highest BCUT2D eigenvalue weighted by Gasteiger charge is 2.14. The second kappa shape index (κ2) is 6.13. The number of rotatable bonds is 4. The molecule has 0 unspecified atom stereocenters. The highest BCUT2D eigenvalue weighted by molar-refractivity contribution is 9.10. The number of hydrogen-bond acceptors (Lipinski definition) is 3. The number of nitrogens with two attached hydrogens (primary N) is 1. The first-order valence-electron chi connectivity index (χ1n) is 6.16. The average Bonchev–Trinajstić information content (AvgIpc) is 2.36. The smallest absolute Gasteiger partial charge is 0.337 e. The van der Waals surface area contributed by atoms with Crippen molar-refractivity contribution in [2.45, 2.75) is 6.54 Å². The van der Waals surface area contributed by atoms with Crippen molar-refractivity contribution in [3.8, 4) is 0 Å². The number of carboxylic acid groups (broad SMARTS) is 1. The molecule has 0 bridgehead atoms. The molecule has 0 radical (unpaired) electrons. The fourth-order valence-corrected chi connectivity index (χ4v) is 2.63. The monoisotopic (exact) mass is 352 g/mol. The maximum atomic E-state index is 13.4. The van der Waals surface area contributed by atoms with E-state index in [0.29, 0.717) is 22.4 Å². The second-order valence-electron chi connectivity index (χ2n) is 4.72. The zero-order chi connectivity index (χ0) is 15.6. The largest absolute Gasteiger partial charge is 0.478 e. The van der Waals surface area contributed by atoms with Crippen LogP contribution < -0.4 is 10.6 Å². The van der Waals surface area contributed by atoms with E-state index in [1.165, 1.54) is 18.2 Å². The Labute approximate surface area is 130 Å². The molecule has 0 heterocycles. The van der Waals surface area contributed by atoms with Crippen LogP contribution in [0.3, 0.4) is 0 Å². The van der Waals surface area contributed by atoms with Crippen molar-refractivity contribution in [2.75, 3.05) is 17.7 Å². The van der Waals surface area contributed by atoms with Crippen molar-refractivity contribution in [3.63, 3.8) is 0 Å². The minimum absolute atomic E-state index is 0.118. The molecule has 0 fully saturated rings. The Morgan fingerprint density at radius 1 is 1.33 bits per heavy atom. The van der Waals surface area contributed by atoms with Crippen molar-refractivity contribution >= 4 is 33.3 Å². The van der Waals surface area contributed by atoms with Gasteiger partial charge in [-0.25, -0.2) is 9.18 Å². The van der Waals surface area contributed by atoms with Crippen LogP contribution in [0.25, 0.3) is 0 Å². The number of aromatic carboxylic acids is 1. The molecule has 0 saturated carbocycles. The van der Waals surface area contributed by atoms with E-state index in [4.69, 9.17) is 5.73 Å². The highest BCUT2D eigenvalue weighted by atomic mass is 79.9. The quantitative estimate of drug-likeness (QED) is 0.826. The number of halogens is 2. The molecular weight excluding hydrogens is 339 g/mol. The third kappa shape index (κ3) is 3.72. The molecule has 0 aliphatic rings. The third-order valence-electron chi connectivity index (χ3n) is 3.00. The highest BCUT2D eigenvalue weighted by Crippen LogP contribution is 2.25. The molecule has 0 aliphatic carbocycles. The number of carbonyl (C=O) groups is 1. The zero-order valence-corrected chi connectivity index (χ0v) is 12.9. The molecule has 21 heavy (non-hydrogen) atoms. The van der Waals surface area contributed by atoms with Crippen LogP contribution in [0.15, 0.2) is 40.9 Å². The maximum absolute atomic E-state index is 13.4. The van der Waals surface area contributed by atoms with Gasteiger partial charge < -0.3 is 15.7 Å². The normalized spacial score (nSPS) is 10.4. The van der Waals surface area contributed by atoms with Crippen LogP contribution in [0.2, 0.25) is 0 Å². The summed E-state index contributed by atoms with van der Waals surface area (Å²) in [6.45, 7) is 0.376. The number of nitrogen functional groups attached to an aromatic ring is 1. The summed E-state index contributed by atoms with van der Waals surface area (Å²) in [5.41, 5.74) is 7.38. The van der Waals surface area contributed by atoms with Crippen LogP contribution in [0.1, 0.15) is 15.9 Å². The molecule has 0 aromatic heterocycles. The van der Waals surface area contributed by atoms with Gasteiger partial charge in [0.05, 0.1) is 11.3 Å². The summed E-state index contributed by atoms with van der Waals surface area (Å²) in [7, 11) is 1.75. The molecule has 0 amide bonds. The Hall–Kier alpha value is -2.08. The van der Waals surface area contributed by atoms with Gasteiger partial charge in [-0.15, -0.1) is 0 Å². The average molecular weight is 353 g/mol. The van der Waals surface area contributed by atoms with E-state index in [1.807, 2.05) is 0 Å². The fourth-order valence-electron chi connectivity index (χ4n) is 2.12. The lowest BCUT2D eigenvalue weighted by atomic mass is 10.1. The van der Waals surface area contributed by atoms with Gasteiger partial charge in [0.15, 0.2) is 0 Å². The lowest BCUT2D eigenvalue weighted by Gasteiger charge is -2.22. The Kier molecular flexibility index (Phi) is 4.47. The number of nitrogens with zero attached hydrogens (tertiary/aromatic N) is 1. The van der Waals surface area contributed by atoms with Crippen LogP contribution in [-0.2, 0) is 6.54 Å². The number of anilines is 2. The zero-order valence-electron chi connectivity index (χ0n) is 11.3. The van der Waals surface area contributed by atoms with Crippen LogP contribution in [-0.4, -0.2) is 18.1 Å². The van der Waals surface area contributed by atoms with Crippen LogP contribution in [0.4, 0.5) is 15.8 Å². The van der Waals surface area contributed by atoms with E-state index >= 15 is 0 Å². The van der Waals surface area contributed by atoms with Crippen molar-refractivity contribution in [1.82, 2.24) is 0 Å². The van der Waals surface area contributed by atoms with Crippen molar-refractivity contribution in [2.24, 2.45) is 0 Å². The predicted molar refractivity (Wildman–Crippen MR) is 84.0 cm³/mol. The molecular formula is C15H14BrFN2O2. The third-order valence-corrected chi connectivity index (χ3v) is 3.46. The van der Waals surface area contributed by atoms with E-state index in [2.05, 4.69) is 15.9 Å². The summed E-state index contributed by atoms with van der Waals surface area (Å²) in [4.78, 5) is 13.0. The lowest BCUT2D eigenvalue weighted by molar-refractivity contribution is 0.0697.